The summed E-state index contributed by atoms with van der Waals surface area (Å²) in [5.74, 6) is 0.303. The zero-order valence-corrected chi connectivity index (χ0v) is 15.6. The van der Waals surface area contributed by atoms with Crippen molar-refractivity contribution in [1.82, 2.24) is 0 Å². The summed E-state index contributed by atoms with van der Waals surface area (Å²) in [7, 11) is 0. The molecule has 1 aliphatic carbocycles. The highest BCUT2D eigenvalue weighted by Gasteiger charge is 2.26. The van der Waals surface area contributed by atoms with E-state index in [-0.39, 0.29) is 0 Å². The minimum Gasteiger partial charge on any atom is -0.0620 e. The topological polar surface area (TPSA) is 0 Å². The highest BCUT2D eigenvalue weighted by atomic mass is 14.3. The molecule has 0 aliphatic heterocycles. The van der Waals surface area contributed by atoms with Gasteiger partial charge < -0.3 is 0 Å². The number of hydrogen-bond donors (Lipinski definition) is 0. The van der Waals surface area contributed by atoms with Gasteiger partial charge in [0.15, 0.2) is 0 Å². The first-order valence-corrected chi connectivity index (χ1v) is 9.95. The molecule has 0 atom stereocenters. The van der Waals surface area contributed by atoms with Crippen molar-refractivity contribution in [2.45, 2.75) is 12.3 Å². The predicted octanol–water partition coefficient (Wildman–Crippen LogP) is 7.08. The molecule has 0 N–H and O–H groups in total. The van der Waals surface area contributed by atoms with Gasteiger partial charge in [-0.25, -0.2) is 0 Å². The van der Waals surface area contributed by atoms with Gasteiger partial charge in [-0.15, -0.1) is 0 Å². The van der Waals surface area contributed by atoms with Gasteiger partial charge in [-0.05, 0) is 67.9 Å². The van der Waals surface area contributed by atoms with Crippen LogP contribution in [0, 0.1) is 0 Å². The second kappa shape index (κ2) is 6.07. The number of benzene rings is 5. The van der Waals surface area contributed by atoms with E-state index in [1.165, 1.54) is 49.4 Å². The van der Waals surface area contributed by atoms with E-state index < -0.39 is 0 Å². The molecule has 0 saturated heterocycles. The van der Waals surface area contributed by atoms with Crippen LogP contribution in [-0.4, -0.2) is 0 Å². The van der Waals surface area contributed by atoms with Crippen LogP contribution >= 0.6 is 0 Å². The Balaban J connectivity index is 1.60. The van der Waals surface area contributed by atoms with E-state index in [1.54, 1.807) is 0 Å². The van der Waals surface area contributed by atoms with Gasteiger partial charge in [0.1, 0.15) is 0 Å². The molecule has 0 amide bonds. The number of hydrogen-bond acceptors (Lipinski definition) is 0. The Bertz CT molecular complexity index is 1300. The Labute approximate surface area is 165 Å². The molecule has 0 unspecified atom stereocenters. The van der Waals surface area contributed by atoms with Crippen LogP contribution in [0.2, 0.25) is 0 Å². The molecule has 6 rings (SSSR count). The zero-order valence-electron chi connectivity index (χ0n) is 15.6. The van der Waals surface area contributed by atoms with Crippen LogP contribution in [0.15, 0.2) is 103 Å². The van der Waals surface area contributed by atoms with Gasteiger partial charge in [-0.3, -0.25) is 0 Å². The largest absolute Gasteiger partial charge is 0.0620 e. The summed E-state index contributed by atoms with van der Waals surface area (Å²) in [5.41, 5.74) is 7.17. The second-order valence-corrected chi connectivity index (χ2v) is 7.81. The van der Waals surface area contributed by atoms with Gasteiger partial charge in [0.05, 0.1) is 0 Å². The summed E-state index contributed by atoms with van der Waals surface area (Å²) in [5, 5.41) is 5.23. The van der Waals surface area contributed by atoms with Crippen molar-refractivity contribution in [1.29, 1.82) is 0 Å². The maximum absolute atomic E-state index is 2.39. The van der Waals surface area contributed by atoms with E-state index in [4.69, 9.17) is 0 Å². The minimum atomic E-state index is 0.303. The first-order chi connectivity index (χ1) is 13.9. The third kappa shape index (κ3) is 2.38. The lowest BCUT2D eigenvalue weighted by atomic mass is 9.74. The fourth-order valence-electron chi connectivity index (χ4n) is 4.82. The third-order valence-electron chi connectivity index (χ3n) is 6.18. The highest BCUT2D eigenvalue weighted by molar-refractivity contribution is 5.98. The summed E-state index contributed by atoms with van der Waals surface area (Å²) in [6.45, 7) is 0. The SMILES string of the molecule is c1ccc2c(c1)Cc1ccccc1C2c1ccc2cc3ccccc3cc2c1. The normalized spacial score (nSPS) is 13.4. The first kappa shape index (κ1) is 15.7. The van der Waals surface area contributed by atoms with Crippen LogP contribution < -0.4 is 0 Å². The van der Waals surface area contributed by atoms with Gasteiger partial charge in [0.2, 0.25) is 0 Å². The lowest BCUT2D eigenvalue weighted by molar-refractivity contribution is 0.887. The molecule has 0 heteroatoms. The van der Waals surface area contributed by atoms with Crippen LogP contribution in [0.1, 0.15) is 33.7 Å². The Hall–Kier alpha value is -3.38. The highest BCUT2D eigenvalue weighted by Crippen LogP contribution is 2.41. The van der Waals surface area contributed by atoms with E-state index >= 15 is 0 Å². The van der Waals surface area contributed by atoms with Gasteiger partial charge in [-0.1, -0.05) is 91.0 Å². The molecule has 0 nitrogen and oxygen atoms in total. The molecule has 5 aromatic carbocycles. The predicted molar refractivity (Wildman–Crippen MR) is 118 cm³/mol. The fourth-order valence-corrected chi connectivity index (χ4v) is 4.82. The van der Waals surface area contributed by atoms with Crippen molar-refractivity contribution in [3.63, 3.8) is 0 Å². The first-order valence-electron chi connectivity index (χ1n) is 9.95. The molecular formula is C28H20. The average molecular weight is 356 g/mol. The van der Waals surface area contributed by atoms with Crippen molar-refractivity contribution in [3.05, 3.63) is 131 Å². The molecule has 0 saturated carbocycles. The molecule has 0 bridgehead atoms. The lowest BCUT2D eigenvalue weighted by Crippen LogP contribution is -2.14. The van der Waals surface area contributed by atoms with Crippen LogP contribution in [0.5, 0.6) is 0 Å². The summed E-state index contributed by atoms with van der Waals surface area (Å²) in [6.07, 6.45) is 1.03. The molecule has 132 valence electrons. The minimum absolute atomic E-state index is 0.303. The van der Waals surface area contributed by atoms with E-state index in [1.807, 2.05) is 0 Å². The maximum atomic E-state index is 2.39. The van der Waals surface area contributed by atoms with E-state index in [0.717, 1.165) is 6.42 Å². The molecule has 1 aliphatic rings. The number of rotatable bonds is 1. The van der Waals surface area contributed by atoms with Gasteiger partial charge in [0.25, 0.3) is 0 Å². The van der Waals surface area contributed by atoms with Gasteiger partial charge in [-0.2, -0.15) is 0 Å². The molecule has 5 aromatic rings. The van der Waals surface area contributed by atoms with Gasteiger partial charge >= 0.3 is 0 Å². The Kier molecular flexibility index (Phi) is 3.39. The van der Waals surface area contributed by atoms with E-state index in [9.17, 15) is 0 Å². The Morgan fingerprint density at radius 1 is 0.464 bits per heavy atom. The quantitative estimate of drug-likeness (QED) is 0.276. The Morgan fingerprint density at radius 2 is 1.00 bits per heavy atom. The van der Waals surface area contributed by atoms with Crippen molar-refractivity contribution in [2.24, 2.45) is 0 Å². The van der Waals surface area contributed by atoms with Crippen LogP contribution in [-0.2, 0) is 6.42 Å². The second-order valence-electron chi connectivity index (χ2n) is 7.81. The standard InChI is InChI=1S/C28H20/c1-2-8-20-16-25-18-24(14-13-21(25)15-19(20)7-1)28-26-11-5-3-9-22(26)17-23-10-4-6-12-27(23)28/h1-16,18,28H,17H2. The smallest absolute Gasteiger partial charge is 0.0345 e. The van der Waals surface area contributed by atoms with Crippen molar-refractivity contribution in [3.8, 4) is 0 Å². The van der Waals surface area contributed by atoms with E-state index in [0.29, 0.717) is 5.92 Å². The van der Waals surface area contributed by atoms with Crippen LogP contribution in [0.3, 0.4) is 0 Å². The molecule has 0 heterocycles. The lowest BCUT2D eigenvalue weighted by Gasteiger charge is -2.29. The summed E-state index contributed by atoms with van der Waals surface area (Å²) >= 11 is 0. The molecule has 0 radical (unpaired) electrons. The third-order valence-corrected chi connectivity index (χ3v) is 6.18. The van der Waals surface area contributed by atoms with Gasteiger partial charge in [0, 0.05) is 5.92 Å². The van der Waals surface area contributed by atoms with Crippen molar-refractivity contribution >= 4 is 21.5 Å². The van der Waals surface area contributed by atoms with Crippen LogP contribution in [0.25, 0.3) is 21.5 Å². The summed E-state index contributed by atoms with van der Waals surface area (Å²) in [6, 6.07) is 38.1. The average Bonchev–Trinajstić information content (AvgIpc) is 2.75. The molecule has 0 fully saturated rings. The van der Waals surface area contributed by atoms with Crippen molar-refractivity contribution < 1.29 is 0 Å². The maximum Gasteiger partial charge on any atom is 0.0345 e. The van der Waals surface area contributed by atoms with E-state index in [2.05, 4.69) is 103 Å². The Morgan fingerprint density at radius 3 is 1.68 bits per heavy atom. The van der Waals surface area contributed by atoms with Crippen molar-refractivity contribution in [2.75, 3.05) is 0 Å². The fraction of sp³-hybridized carbons (Fsp3) is 0.0714. The summed E-state index contributed by atoms with van der Waals surface area (Å²) < 4.78 is 0. The zero-order chi connectivity index (χ0) is 18.5. The van der Waals surface area contributed by atoms with Crippen LogP contribution in [0.4, 0.5) is 0 Å². The monoisotopic (exact) mass is 356 g/mol. The molecule has 0 spiro atoms. The number of fused-ring (bicyclic) bond motifs is 4. The summed E-state index contributed by atoms with van der Waals surface area (Å²) in [4.78, 5) is 0. The molecular weight excluding hydrogens is 336 g/mol. The molecule has 0 aromatic heterocycles. The molecule has 28 heavy (non-hydrogen) atoms.